The average Bonchev–Trinajstić information content (AvgIpc) is 3.23. The molecule has 1 aliphatic carbocycles. The van der Waals surface area contributed by atoms with Crippen molar-refractivity contribution >= 4 is 28.2 Å². The first kappa shape index (κ1) is 20.5. The van der Waals surface area contributed by atoms with Crippen molar-refractivity contribution in [3.05, 3.63) is 29.6 Å². The molecule has 3 aromatic rings. The Hall–Kier alpha value is -2.74. The maximum absolute atomic E-state index is 11.6. The molecule has 2 N–H and O–H groups in total. The van der Waals surface area contributed by atoms with E-state index in [4.69, 9.17) is 10.1 Å². The minimum Gasteiger partial charge on any atom is -0.370 e. The number of nitrogens with zero attached hydrogens (tertiary/aromatic N) is 4. The number of rotatable bonds is 4. The van der Waals surface area contributed by atoms with Gasteiger partial charge < -0.3 is 10.6 Å². The smallest absolute Gasteiger partial charge is 0.223 e. The Balaban J connectivity index is 1.90. The quantitative estimate of drug-likeness (QED) is 0.624. The number of carbonyl (C=O) groups excluding carboxylic acids is 1. The number of hydrogen-bond donors (Lipinski definition) is 2. The molecule has 8 heteroatoms. The number of aromatic nitrogens is 4. The van der Waals surface area contributed by atoms with Gasteiger partial charge in [0.25, 0.3) is 0 Å². The standard InChI is InChI=1S/C22H28N6OS/c1-7-23-16-9-8-14(11-24-16)18-17-12(2)10-15-20(30-21(26-15)25-13(3)29)19(17)28(27-18)22(4,5)6/h8-9,11-12H,7,10H2,1-6H3,(H,23,24)(H,25,26,29). The Morgan fingerprint density at radius 3 is 2.70 bits per heavy atom. The van der Waals surface area contributed by atoms with Crippen LogP contribution in [0.25, 0.3) is 21.8 Å². The molecule has 0 saturated carbocycles. The van der Waals surface area contributed by atoms with Crippen molar-refractivity contribution in [3.63, 3.8) is 0 Å². The summed E-state index contributed by atoms with van der Waals surface area (Å²) >= 11 is 1.53. The molecule has 0 bridgehead atoms. The Morgan fingerprint density at radius 2 is 2.10 bits per heavy atom. The number of thiazole rings is 1. The maximum atomic E-state index is 11.6. The largest absolute Gasteiger partial charge is 0.370 e. The summed E-state index contributed by atoms with van der Waals surface area (Å²) in [5, 5.41) is 11.8. The summed E-state index contributed by atoms with van der Waals surface area (Å²) in [5.41, 5.74) is 5.15. The van der Waals surface area contributed by atoms with Crippen LogP contribution in [0.15, 0.2) is 18.3 Å². The lowest BCUT2D eigenvalue weighted by molar-refractivity contribution is -0.114. The van der Waals surface area contributed by atoms with E-state index in [-0.39, 0.29) is 17.4 Å². The highest BCUT2D eigenvalue weighted by molar-refractivity contribution is 7.19. The molecule has 158 valence electrons. The van der Waals surface area contributed by atoms with E-state index in [1.54, 1.807) is 0 Å². The zero-order valence-corrected chi connectivity index (χ0v) is 19.1. The van der Waals surface area contributed by atoms with Gasteiger partial charge in [0.2, 0.25) is 5.91 Å². The maximum Gasteiger partial charge on any atom is 0.223 e. The minimum absolute atomic E-state index is 0.105. The summed E-state index contributed by atoms with van der Waals surface area (Å²) in [6, 6.07) is 4.08. The molecule has 0 aromatic carbocycles. The molecular formula is C22H28N6OS. The fraction of sp³-hybridized carbons (Fsp3) is 0.455. The summed E-state index contributed by atoms with van der Waals surface area (Å²) in [7, 11) is 0. The summed E-state index contributed by atoms with van der Waals surface area (Å²) in [5.74, 6) is 1.02. The molecule has 3 heterocycles. The molecule has 1 atom stereocenters. The first-order valence-corrected chi connectivity index (χ1v) is 11.1. The predicted octanol–water partition coefficient (Wildman–Crippen LogP) is 4.87. The van der Waals surface area contributed by atoms with Crippen LogP contribution in [-0.2, 0) is 16.8 Å². The van der Waals surface area contributed by atoms with Crippen molar-refractivity contribution in [2.75, 3.05) is 17.2 Å². The summed E-state index contributed by atoms with van der Waals surface area (Å²) < 4.78 is 2.11. The van der Waals surface area contributed by atoms with Crippen molar-refractivity contribution in [2.24, 2.45) is 0 Å². The van der Waals surface area contributed by atoms with Gasteiger partial charge in [-0.15, -0.1) is 0 Å². The second kappa shape index (κ2) is 7.50. The molecule has 30 heavy (non-hydrogen) atoms. The Bertz CT molecular complexity index is 1090. The first-order valence-electron chi connectivity index (χ1n) is 10.3. The van der Waals surface area contributed by atoms with Gasteiger partial charge in [0.05, 0.1) is 27.5 Å². The predicted molar refractivity (Wildman–Crippen MR) is 122 cm³/mol. The Labute approximate surface area is 181 Å². The number of anilines is 2. The molecule has 4 rings (SSSR count). The summed E-state index contributed by atoms with van der Waals surface area (Å²) in [6.07, 6.45) is 2.72. The van der Waals surface area contributed by atoms with Gasteiger partial charge in [-0.2, -0.15) is 5.10 Å². The number of carbonyl (C=O) groups is 1. The van der Waals surface area contributed by atoms with Crippen LogP contribution >= 0.6 is 11.3 Å². The van der Waals surface area contributed by atoms with E-state index in [0.29, 0.717) is 5.13 Å². The molecule has 0 spiro atoms. The summed E-state index contributed by atoms with van der Waals surface area (Å²) in [4.78, 5) is 21.9. The molecular weight excluding hydrogens is 396 g/mol. The molecule has 7 nitrogen and oxygen atoms in total. The monoisotopic (exact) mass is 424 g/mol. The van der Waals surface area contributed by atoms with E-state index in [1.807, 2.05) is 12.3 Å². The Morgan fingerprint density at radius 1 is 1.33 bits per heavy atom. The van der Waals surface area contributed by atoms with Gasteiger partial charge in [-0.1, -0.05) is 18.3 Å². The zero-order valence-electron chi connectivity index (χ0n) is 18.3. The van der Waals surface area contributed by atoms with E-state index in [0.717, 1.165) is 46.3 Å². The van der Waals surface area contributed by atoms with Crippen molar-refractivity contribution in [1.82, 2.24) is 19.7 Å². The van der Waals surface area contributed by atoms with E-state index < -0.39 is 0 Å². The van der Waals surface area contributed by atoms with E-state index in [1.165, 1.54) is 23.8 Å². The Kier molecular flexibility index (Phi) is 5.13. The lowest BCUT2D eigenvalue weighted by atomic mass is 9.86. The van der Waals surface area contributed by atoms with Crippen molar-refractivity contribution in [2.45, 2.75) is 59.4 Å². The fourth-order valence-corrected chi connectivity index (χ4v) is 4.99. The fourth-order valence-electron chi connectivity index (χ4n) is 3.90. The molecule has 0 aliphatic heterocycles. The number of fused-ring (bicyclic) bond motifs is 3. The number of pyridine rings is 1. The minimum atomic E-state index is -0.202. The van der Waals surface area contributed by atoms with Crippen molar-refractivity contribution < 1.29 is 4.79 Å². The van der Waals surface area contributed by atoms with Crippen LogP contribution in [0.4, 0.5) is 10.9 Å². The highest BCUT2D eigenvalue weighted by Crippen LogP contribution is 2.48. The SMILES string of the molecule is CCNc1ccc(-c2nn(C(C)(C)C)c3c2C(C)Cc2nc(NC(C)=O)sc2-3)cn1. The van der Waals surface area contributed by atoms with Gasteiger partial charge in [0, 0.05) is 30.8 Å². The normalized spacial score (nSPS) is 15.5. The number of hydrogen-bond acceptors (Lipinski definition) is 6. The third-order valence-corrected chi connectivity index (χ3v) is 6.16. The molecule has 1 aliphatic rings. The van der Waals surface area contributed by atoms with Gasteiger partial charge in [-0.25, -0.2) is 9.97 Å². The molecule has 3 aromatic heterocycles. The topological polar surface area (TPSA) is 84.7 Å². The lowest BCUT2D eigenvalue weighted by Gasteiger charge is -2.25. The van der Waals surface area contributed by atoms with Crippen LogP contribution in [0, 0.1) is 0 Å². The second-order valence-electron chi connectivity index (χ2n) is 8.74. The van der Waals surface area contributed by atoms with Crippen LogP contribution in [0.1, 0.15) is 58.7 Å². The van der Waals surface area contributed by atoms with E-state index >= 15 is 0 Å². The highest BCUT2D eigenvalue weighted by atomic mass is 32.1. The van der Waals surface area contributed by atoms with Crippen LogP contribution in [0.5, 0.6) is 0 Å². The van der Waals surface area contributed by atoms with Gasteiger partial charge in [0.15, 0.2) is 5.13 Å². The highest BCUT2D eigenvalue weighted by Gasteiger charge is 2.36. The van der Waals surface area contributed by atoms with Gasteiger partial charge in [-0.3, -0.25) is 9.48 Å². The average molecular weight is 425 g/mol. The summed E-state index contributed by atoms with van der Waals surface area (Å²) in [6.45, 7) is 13.1. The number of nitrogens with one attached hydrogen (secondary N) is 2. The van der Waals surface area contributed by atoms with Gasteiger partial charge in [0.1, 0.15) is 5.82 Å². The first-order chi connectivity index (χ1) is 14.2. The molecule has 1 unspecified atom stereocenters. The van der Waals surface area contributed by atoms with E-state index in [2.05, 4.69) is 61.0 Å². The molecule has 0 radical (unpaired) electrons. The van der Waals surface area contributed by atoms with Gasteiger partial charge >= 0.3 is 0 Å². The molecule has 0 fully saturated rings. The van der Waals surface area contributed by atoms with E-state index in [9.17, 15) is 4.79 Å². The van der Waals surface area contributed by atoms with Crippen LogP contribution in [0.2, 0.25) is 0 Å². The van der Waals surface area contributed by atoms with Crippen molar-refractivity contribution in [1.29, 1.82) is 0 Å². The van der Waals surface area contributed by atoms with Crippen LogP contribution < -0.4 is 10.6 Å². The van der Waals surface area contributed by atoms with Gasteiger partial charge in [-0.05, 0) is 52.2 Å². The third kappa shape index (κ3) is 3.60. The zero-order chi connectivity index (χ0) is 21.6. The molecule has 1 amide bonds. The van der Waals surface area contributed by atoms with Crippen LogP contribution in [-0.4, -0.2) is 32.2 Å². The van der Waals surface area contributed by atoms with Crippen molar-refractivity contribution in [3.8, 4) is 21.8 Å². The van der Waals surface area contributed by atoms with Crippen LogP contribution in [0.3, 0.4) is 0 Å². The third-order valence-electron chi connectivity index (χ3n) is 5.14. The second-order valence-corrected chi connectivity index (χ2v) is 9.74. The lowest BCUT2D eigenvalue weighted by Crippen LogP contribution is -2.25. The molecule has 0 saturated heterocycles. The number of amides is 1.